The molecule has 5 nitrogen and oxygen atoms in total. The molecular formula is C20H20FN3O2. The molecule has 134 valence electrons. The van der Waals surface area contributed by atoms with E-state index >= 15 is 0 Å². The van der Waals surface area contributed by atoms with Gasteiger partial charge in [-0.15, -0.1) is 0 Å². The van der Waals surface area contributed by atoms with Gasteiger partial charge in [0.1, 0.15) is 5.82 Å². The first-order valence-electron chi connectivity index (χ1n) is 8.57. The molecule has 1 aliphatic rings. The second-order valence-corrected chi connectivity index (χ2v) is 5.62. The molecule has 1 amide bonds. The Morgan fingerprint density at radius 1 is 1.19 bits per heavy atom. The third kappa shape index (κ3) is 2.83. The number of nitrogens with one attached hydrogen (secondary N) is 1. The van der Waals surface area contributed by atoms with Gasteiger partial charge in [-0.2, -0.15) is 0 Å². The molecule has 0 fully saturated rings. The van der Waals surface area contributed by atoms with Crippen LogP contribution in [-0.4, -0.2) is 28.4 Å². The first-order valence-corrected chi connectivity index (χ1v) is 8.57. The fourth-order valence-electron chi connectivity index (χ4n) is 3.33. The number of aromatic nitrogens is 1. The van der Waals surface area contributed by atoms with E-state index in [1.807, 2.05) is 24.5 Å². The molecule has 26 heavy (non-hydrogen) atoms. The first kappa shape index (κ1) is 17.7. The summed E-state index contributed by atoms with van der Waals surface area (Å²) in [7, 11) is 0. The fourth-order valence-corrected chi connectivity index (χ4v) is 3.33. The van der Waals surface area contributed by atoms with Crippen LogP contribution in [0.2, 0.25) is 0 Å². The molecule has 1 aliphatic heterocycles. The average Bonchev–Trinajstić information content (AvgIpc) is 2.87. The van der Waals surface area contributed by atoms with Crippen molar-refractivity contribution in [1.29, 1.82) is 0 Å². The van der Waals surface area contributed by atoms with Crippen molar-refractivity contribution in [2.45, 2.75) is 20.4 Å². The van der Waals surface area contributed by atoms with Gasteiger partial charge >= 0.3 is 0 Å². The van der Waals surface area contributed by atoms with Crippen molar-refractivity contribution in [3.63, 3.8) is 0 Å². The van der Waals surface area contributed by atoms with Crippen LogP contribution >= 0.6 is 0 Å². The smallest absolute Gasteiger partial charge is 0.253 e. The summed E-state index contributed by atoms with van der Waals surface area (Å²) in [6.45, 7) is 5.06. The van der Waals surface area contributed by atoms with Gasteiger partial charge in [0, 0.05) is 24.0 Å². The summed E-state index contributed by atoms with van der Waals surface area (Å²) >= 11 is 0. The number of carbonyl (C=O) groups is 1. The Balaban J connectivity index is 0.000000948. The molecular weight excluding hydrogens is 333 g/mol. The van der Waals surface area contributed by atoms with Crippen molar-refractivity contribution in [2.24, 2.45) is 5.16 Å². The van der Waals surface area contributed by atoms with Crippen molar-refractivity contribution in [3.8, 4) is 11.3 Å². The molecule has 4 rings (SSSR count). The van der Waals surface area contributed by atoms with Crippen molar-refractivity contribution in [3.05, 3.63) is 59.4 Å². The van der Waals surface area contributed by atoms with E-state index in [-0.39, 0.29) is 11.7 Å². The Hall–Kier alpha value is -3.15. The lowest BCUT2D eigenvalue weighted by Gasteiger charge is -2.10. The summed E-state index contributed by atoms with van der Waals surface area (Å²) in [5.41, 5.74) is 3.66. The number of hydrogen-bond donors (Lipinski definition) is 2. The molecule has 0 bridgehead atoms. The molecule has 0 radical (unpaired) electrons. The lowest BCUT2D eigenvalue weighted by molar-refractivity contribution is 0.0956. The summed E-state index contributed by atoms with van der Waals surface area (Å²) in [5.74, 6) is -0.448. The number of rotatable bonds is 2. The third-order valence-corrected chi connectivity index (χ3v) is 4.29. The minimum absolute atomic E-state index is 0.130. The first-order chi connectivity index (χ1) is 12.7. The van der Waals surface area contributed by atoms with Crippen LogP contribution in [0, 0.1) is 5.82 Å². The van der Waals surface area contributed by atoms with E-state index in [4.69, 9.17) is 5.21 Å². The fraction of sp³-hybridized carbons (Fsp3) is 0.200. The van der Waals surface area contributed by atoms with Gasteiger partial charge in [-0.3, -0.25) is 4.79 Å². The lowest BCUT2D eigenvalue weighted by atomic mass is 10.0. The highest BCUT2D eigenvalue weighted by Crippen LogP contribution is 2.35. The molecule has 0 atom stereocenters. The lowest BCUT2D eigenvalue weighted by Crippen LogP contribution is -2.24. The number of carbonyl (C=O) groups excluding carboxylic acids is 1. The molecule has 1 aromatic heterocycles. The Kier molecular flexibility index (Phi) is 5.02. The molecule has 0 aliphatic carbocycles. The molecule has 3 aromatic rings. The molecule has 0 saturated heterocycles. The van der Waals surface area contributed by atoms with Gasteiger partial charge in [-0.25, -0.2) is 4.39 Å². The van der Waals surface area contributed by atoms with Gasteiger partial charge in [0.05, 0.1) is 23.0 Å². The van der Waals surface area contributed by atoms with E-state index in [0.29, 0.717) is 24.2 Å². The highest BCUT2D eigenvalue weighted by Gasteiger charge is 2.24. The number of para-hydroxylation sites is 1. The molecule has 2 heterocycles. The highest BCUT2D eigenvalue weighted by molar-refractivity contribution is 6.14. The minimum Gasteiger partial charge on any atom is -0.411 e. The van der Waals surface area contributed by atoms with Crippen LogP contribution in [0.5, 0.6) is 0 Å². The minimum atomic E-state index is -0.319. The van der Waals surface area contributed by atoms with Crippen LogP contribution in [0.1, 0.15) is 29.8 Å². The van der Waals surface area contributed by atoms with Crippen molar-refractivity contribution in [1.82, 2.24) is 9.88 Å². The van der Waals surface area contributed by atoms with E-state index in [1.54, 1.807) is 24.3 Å². The average molecular weight is 353 g/mol. The molecule has 0 unspecified atom stereocenters. The predicted molar refractivity (Wildman–Crippen MR) is 100 cm³/mol. The molecule has 6 heteroatoms. The number of halogens is 1. The molecule has 0 saturated carbocycles. The van der Waals surface area contributed by atoms with Gasteiger partial charge in [-0.1, -0.05) is 31.1 Å². The molecule has 2 N–H and O–H groups in total. The van der Waals surface area contributed by atoms with Crippen LogP contribution in [0.4, 0.5) is 4.39 Å². The second kappa shape index (κ2) is 7.39. The maximum atomic E-state index is 13.3. The zero-order valence-corrected chi connectivity index (χ0v) is 14.7. The third-order valence-electron chi connectivity index (χ3n) is 4.29. The zero-order valence-electron chi connectivity index (χ0n) is 14.7. The summed E-state index contributed by atoms with van der Waals surface area (Å²) in [6.07, 6.45) is 1.36. The van der Waals surface area contributed by atoms with Gasteiger partial charge in [0.2, 0.25) is 0 Å². The monoisotopic (exact) mass is 353 g/mol. The second-order valence-electron chi connectivity index (χ2n) is 5.62. The van der Waals surface area contributed by atoms with E-state index < -0.39 is 0 Å². The Bertz CT molecular complexity index is 975. The largest absolute Gasteiger partial charge is 0.411 e. The van der Waals surface area contributed by atoms with Gasteiger partial charge in [0.15, 0.2) is 0 Å². The van der Waals surface area contributed by atoms with E-state index in [1.165, 1.54) is 18.3 Å². The maximum absolute atomic E-state index is 13.3. The van der Waals surface area contributed by atoms with Crippen LogP contribution in [0.25, 0.3) is 22.2 Å². The van der Waals surface area contributed by atoms with Crippen molar-refractivity contribution < 1.29 is 14.4 Å². The summed E-state index contributed by atoms with van der Waals surface area (Å²) in [5, 5.41) is 16.0. The molecule has 0 spiro atoms. The maximum Gasteiger partial charge on any atom is 0.253 e. The number of nitrogens with zero attached hydrogens (tertiary/aromatic N) is 2. The Labute approximate surface area is 150 Å². The number of oxime groups is 1. The number of amides is 1. The van der Waals surface area contributed by atoms with Gasteiger partial charge < -0.3 is 15.1 Å². The quantitative estimate of drug-likeness (QED) is 0.415. The van der Waals surface area contributed by atoms with Crippen molar-refractivity contribution in [2.75, 3.05) is 6.54 Å². The Morgan fingerprint density at radius 2 is 1.92 bits per heavy atom. The van der Waals surface area contributed by atoms with Crippen LogP contribution in [0.15, 0.2) is 47.6 Å². The zero-order chi connectivity index (χ0) is 18.7. The number of benzene rings is 2. The highest BCUT2D eigenvalue weighted by atomic mass is 19.1. The summed E-state index contributed by atoms with van der Waals surface area (Å²) in [6, 6.07) is 11.6. The van der Waals surface area contributed by atoms with Gasteiger partial charge in [-0.05, 0) is 35.9 Å². The summed E-state index contributed by atoms with van der Waals surface area (Å²) < 4.78 is 15.3. The number of hydrogen-bond acceptors (Lipinski definition) is 3. The topological polar surface area (TPSA) is 66.6 Å². The van der Waals surface area contributed by atoms with E-state index in [2.05, 4.69) is 10.5 Å². The SMILES string of the molecule is CC.O=C1NCCn2c(-c3ccc(F)cc3)c(/C=N/O)c3cccc1c32. The predicted octanol–water partition coefficient (Wildman–Crippen LogP) is 4.03. The normalized spacial score (nSPS) is 13.3. The Morgan fingerprint density at radius 3 is 2.62 bits per heavy atom. The van der Waals surface area contributed by atoms with Crippen LogP contribution in [-0.2, 0) is 6.54 Å². The standard InChI is InChI=1S/C18H14FN3O2.C2H6/c19-12-6-4-11(5-7-12)16-15(10-21-24)13-2-1-3-14-17(13)22(16)9-8-20-18(14)23;1-2/h1-7,10,24H,8-9H2,(H,20,23);1-2H3/b21-10+;. The molecule has 2 aromatic carbocycles. The van der Waals surface area contributed by atoms with Gasteiger partial charge in [0.25, 0.3) is 5.91 Å². The van der Waals surface area contributed by atoms with Crippen LogP contribution in [0.3, 0.4) is 0 Å². The van der Waals surface area contributed by atoms with Crippen molar-refractivity contribution >= 4 is 23.0 Å². The van der Waals surface area contributed by atoms with E-state index in [0.717, 1.165) is 22.2 Å². The summed E-state index contributed by atoms with van der Waals surface area (Å²) in [4.78, 5) is 12.3. The van der Waals surface area contributed by atoms with Crippen LogP contribution < -0.4 is 5.32 Å². The van der Waals surface area contributed by atoms with E-state index in [9.17, 15) is 9.18 Å².